The lowest BCUT2D eigenvalue weighted by molar-refractivity contribution is 0.103. The SMILES string of the molecule is Cc1ccc(C(=O)c2ccc(N)c(Br)c2)c(F)c1. The highest BCUT2D eigenvalue weighted by atomic mass is 79.9. The molecule has 2 rings (SSSR count). The van der Waals surface area contributed by atoms with Gasteiger partial charge >= 0.3 is 0 Å². The first kappa shape index (κ1) is 12.8. The molecule has 0 amide bonds. The van der Waals surface area contributed by atoms with Gasteiger partial charge in [-0.05, 0) is 58.7 Å². The van der Waals surface area contributed by atoms with Crippen LogP contribution in [0.4, 0.5) is 10.1 Å². The first-order valence-corrected chi connectivity index (χ1v) is 6.14. The van der Waals surface area contributed by atoms with Crippen molar-refractivity contribution in [1.82, 2.24) is 0 Å². The van der Waals surface area contributed by atoms with Crippen molar-refractivity contribution in [2.24, 2.45) is 0 Å². The normalized spacial score (nSPS) is 10.4. The monoisotopic (exact) mass is 307 g/mol. The topological polar surface area (TPSA) is 43.1 Å². The summed E-state index contributed by atoms with van der Waals surface area (Å²) >= 11 is 3.25. The fourth-order valence-corrected chi connectivity index (χ4v) is 2.01. The molecule has 0 radical (unpaired) electrons. The smallest absolute Gasteiger partial charge is 0.196 e. The number of hydrogen-bond donors (Lipinski definition) is 1. The molecule has 0 saturated carbocycles. The largest absolute Gasteiger partial charge is 0.398 e. The van der Waals surface area contributed by atoms with Crippen LogP contribution in [0.15, 0.2) is 40.9 Å². The number of hydrogen-bond acceptors (Lipinski definition) is 2. The van der Waals surface area contributed by atoms with E-state index >= 15 is 0 Å². The lowest BCUT2D eigenvalue weighted by Gasteiger charge is -2.05. The molecule has 0 saturated heterocycles. The summed E-state index contributed by atoms with van der Waals surface area (Å²) in [7, 11) is 0. The van der Waals surface area contributed by atoms with Gasteiger partial charge in [0.1, 0.15) is 5.82 Å². The van der Waals surface area contributed by atoms with E-state index in [2.05, 4.69) is 15.9 Å². The third kappa shape index (κ3) is 2.43. The van der Waals surface area contributed by atoms with Gasteiger partial charge in [0, 0.05) is 15.7 Å². The Morgan fingerprint density at radius 2 is 1.94 bits per heavy atom. The maximum absolute atomic E-state index is 13.7. The van der Waals surface area contributed by atoms with Gasteiger partial charge < -0.3 is 5.73 Å². The van der Waals surface area contributed by atoms with Crippen molar-refractivity contribution < 1.29 is 9.18 Å². The number of halogens is 2. The van der Waals surface area contributed by atoms with Gasteiger partial charge in [-0.3, -0.25) is 4.79 Å². The molecule has 0 spiro atoms. The number of rotatable bonds is 2. The molecule has 2 nitrogen and oxygen atoms in total. The summed E-state index contributed by atoms with van der Waals surface area (Å²) in [6.45, 7) is 1.77. The highest BCUT2D eigenvalue weighted by Crippen LogP contribution is 2.23. The average molecular weight is 308 g/mol. The third-order valence-corrected chi connectivity index (χ3v) is 3.32. The Bertz CT molecular complexity index is 625. The van der Waals surface area contributed by atoms with Gasteiger partial charge in [-0.1, -0.05) is 6.07 Å². The lowest BCUT2D eigenvalue weighted by Crippen LogP contribution is -2.05. The molecule has 2 N–H and O–H groups in total. The second-order valence-corrected chi connectivity index (χ2v) is 4.90. The van der Waals surface area contributed by atoms with Crippen molar-refractivity contribution in [3.05, 3.63) is 63.4 Å². The first-order chi connectivity index (χ1) is 8.49. The molecule has 0 heterocycles. The summed E-state index contributed by atoms with van der Waals surface area (Å²) in [5.41, 5.74) is 7.43. The van der Waals surface area contributed by atoms with Crippen molar-refractivity contribution in [3.63, 3.8) is 0 Å². The van der Waals surface area contributed by atoms with Crippen molar-refractivity contribution in [2.45, 2.75) is 6.92 Å². The van der Waals surface area contributed by atoms with Crippen LogP contribution in [0.1, 0.15) is 21.5 Å². The average Bonchev–Trinajstić information content (AvgIpc) is 2.32. The fourth-order valence-electron chi connectivity index (χ4n) is 1.63. The van der Waals surface area contributed by atoms with E-state index in [4.69, 9.17) is 5.73 Å². The van der Waals surface area contributed by atoms with Crippen LogP contribution in [0.5, 0.6) is 0 Å². The molecule has 92 valence electrons. The highest BCUT2D eigenvalue weighted by molar-refractivity contribution is 9.10. The minimum absolute atomic E-state index is 0.0669. The third-order valence-electron chi connectivity index (χ3n) is 2.63. The summed E-state index contributed by atoms with van der Waals surface area (Å²) < 4.78 is 14.3. The van der Waals surface area contributed by atoms with E-state index in [1.165, 1.54) is 12.1 Å². The Labute approximate surface area is 113 Å². The van der Waals surface area contributed by atoms with Crippen LogP contribution in [0, 0.1) is 12.7 Å². The molecule has 0 aliphatic carbocycles. The Kier molecular flexibility index (Phi) is 3.48. The lowest BCUT2D eigenvalue weighted by atomic mass is 10.0. The van der Waals surface area contributed by atoms with Gasteiger partial charge in [0.25, 0.3) is 0 Å². The predicted molar refractivity (Wildman–Crippen MR) is 73.1 cm³/mol. The Balaban J connectivity index is 2.44. The van der Waals surface area contributed by atoms with Gasteiger partial charge in [-0.15, -0.1) is 0 Å². The van der Waals surface area contributed by atoms with E-state index in [1.54, 1.807) is 31.2 Å². The molecular weight excluding hydrogens is 297 g/mol. The number of carbonyl (C=O) groups is 1. The molecule has 0 unspecified atom stereocenters. The molecule has 0 aromatic heterocycles. The molecule has 4 heteroatoms. The molecule has 2 aromatic carbocycles. The molecule has 0 aliphatic heterocycles. The van der Waals surface area contributed by atoms with Gasteiger partial charge in [-0.25, -0.2) is 4.39 Å². The van der Waals surface area contributed by atoms with E-state index in [-0.39, 0.29) is 11.3 Å². The minimum atomic E-state index is -0.507. The molecular formula is C14H11BrFNO. The van der Waals surface area contributed by atoms with Gasteiger partial charge in [0.05, 0.1) is 5.56 Å². The number of aryl methyl sites for hydroxylation is 1. The van der Waals surface area contributed by atoms with Crippen LogP contribution < -0.4 is 5.73 Å². The zero-order valence-corrected chi connectivity index (χ0v) is 11.3. The van der Waals surface area contributed by atoms with Crippen molar-refractivity contribution in [2.75, 3.05) is 5.73 Å². The Morgan fingerprint density at radius 3 is 2.56 bits per heavy atom. The maximum atomic E-state index is 13.7. The van der Waals surface area contributed by atoms with Crippen LogP contribution in [0.25, 0.3) is 0 Å². The van der Waals surface area contributed by atoms with Crippen molar-refractivity contribution in [1.29, 1.82) is 0 Å². The van der Waals surface area contributed by atoms with Gasteiger partial charge in [0.2, 0.25) is 0 Å². The minimum Gasteiger partial charge on any atom is -0.398 e. The fraction of sp³-hybridized carbons (Fsp3) is 0.0714. The summed E-state index contributed by atoms with van der Waals surface area (Å²) in [4.78, 5) is 12.1. The number of nitrogen functional groups attached to an aromatic ring is 1. The van der Waals surface area contributed by atoms with E-state index in [1.807, 2.05) is 0 Å². The highest BCUT2D eigenvalue weighted by Gasteiger charge is 2.14. The molecule has 18 heavy (non-hydrogen) atoms. The van der Waals surface area contributed by atoms with Gasteiger partial charge in [-0.2, -0.15) is 0 Å². The van der Waals surface area contributed by atoms with Crippen LogP contribution in [-0.2, 0) is 0 Å². The van der Waals surface area contributed by atoms with E-state index in [0.717, 1.165) is 5.56 Å². The van der Waals surface area contributed by atoms with Crippen LogP contribution in [-0.4, -0.2) is 5.78 Å². The predicted octanol–water partition coefficient (Wildman–Crippen LogP) is 3.71. The summed E-state index contributed by atoms with van der Waals surface area (Å²) in [5, 5.41) is 0. The summed E-state index contributed by atoms with van der Waals surface area (Å²) in [6, 6.07) is 9.35. The molecule has 0 atom stereocenters. The standard InChI is InChI=1S/C14H11BrFNO/c1-8-2-4-10(12(16)6-8)14(18)9-3-5-13(17)11(15)7-9/h2-7H,17H2,1H3. The number of anilines is 1. The second kappa shape index (κ2) is 4.90. The van der Waals surface area contributed by atoms with Crippen LogP contribution in [0.2, 0.25) is 0 Å². The zero-order chi connectivity index (χ0) is 13.3. The van der Waals surface area contributed by atoms with E-state index < -0.39 is 5.82 Å². The van der Waals surface area contributed by atoms with Crippen molar-refractivity contribution in [3.8, 4) is 0 Å². The summed E-state index contributed by atoms with van der Waals surface area (Å²) in [5.74, 6) is -0.860. The quantitative estimate of drug-likeness (QED) is 0.679. The zero-order valence-electron chi connectivity index (χ0n) is 9.71. The molecule has 0 aliphatic rings. The Morgan fingerprint density at radius 1 is 1.22 bits per heavy atom. The van der Waals surface area contributed by atoms with E-state index in [9.17, 15) is 9.18 Å². The molecule has 2 aromatic rings. The Hall–Kier alpha value is -1.68. The van der Waals surface area contributed by atoms with Crippen LogP contribution in [0.3, 0.4) is 0 Å². The number of nitrogens with two attached hydrogens (primary N) is 1. The number of benzene rings is 2. The second-order valence-electron chi connectivity index (χ2n) is 4.05. The molecule has 0 bridgehead atoms. The first-order valence-electron chi connectivity index (χ1n) is 5.35. The summed E-state index contributed by atoms with van der Waals surface area (Å²) in [6.07, 6.45) is 0. The molecule has 0 fully saturated rings. The van der Waals surface area contributed by atoms with Crippen molar-refractivity contribution >= 4 is 27.4 Å². The number of ketones is 1. The van der Waals surface area contributed by atoms with E-state index in [0.29, 0.717) is 15.7 Å². The maximum Gasteiger partial charge on any atom is 0.196 e. The number of carbonyl (C=O) groups excluding carboxylic acids is 1. The van der Waals surface area contributed by atoms with Crippen LogP contribution >= 0.6 is 15.9 Å². The van der Waals surface area contributed by atoms with Gasteiger partial charge in [0.15, 0.2) is 5.78 Å².